The van der Waals surface area contributed by atoms with Crippen molar-refractivity contribution in [1.29, 1.82) is 0 Å². The molecule has 0 saturated carbocycles. The fraction of sp³-hybridized carbons (Fsp3) is 0.727. The zero-order chi connectivity index (χ0) is 11.1. The maximum Gasteiger partial charge on any atom is 0.162 e. The minimum atomic E-state index is 0.412. The Morgan fingerprint density at radius 2 is 2.40 bits per heavy atom. The maximum absolute atomic E-state index is 5.52. The largest absolute Gasteiger partial charge is 0.373 e. The lowest BCUT2D eigenvalue weighted by Crippen LogP contribution is -2.05. The van der Waals surface area contributed by atoms with Gasteiger partial charge in [-0.3, -0.25) is 0 Å². The van der Waals surface area contributed by atoms with Crippen LogP contribution in [0.4, 0.5) is 0 Å². The molecule has 2 N–H and O–H groups in total. The van der Waals surface area contributed by atoms with E-state index < -0.39 is 0 Å². The first kappa shape index (κ1) is 12.2. The van der Waals surface area contributed by atoms with Crippen LogP contribution in [0.1, 0.15) is 38.1 Å². The molecule has 4 nitrogen and oxygen atoms in total. The van der Waals surface area contributed by atoms with Crippen molar-refractivity contribution in [2.24, 2.45) is 11.7 Å². The van der Waals surface area contributed by atoms with Crippen LogP contribution in [0.2, 0.25) is 0 Å². The van der Waals surface area contributed by atoms with Crippen LogP contribution in [0.5, 0.6) is 0 Å². The van der Waals surface area contributed by atoms with Crippen molar-refractivity contribution in [3.05, 3.63) is 17.5 Å². The highest BCUT2D eigenvalue weighted by Crippen LogP contribution is 2.08. The van der Waals surface area contributed by atoms with E-state index in [1.807, 2.05) is 6.07 Å². The van der Waals surface area contributed by atoms with E-state index in [0.717, 1.165) is 18.1 Å². The Morgan fingerprint density at radius 1 is 1.60 bits per heavy atom. The van der Waals surface area contributed by atoms with Crippen molar-refractivity contribution in [3.8, 4) is 0 Å². The van der Waals surface area contributed by atoms with Crippen molar-refractivity contribution < 1.29 is 9.26 Å². The van der Waals surface area contributed by atoms with Crippen LogP contribution in [0.3, 0.4) is 0 Å². The molecule has 0 radical (unpaired) electrons. The van der Waals surface area contributed by atoms with E-state index in [1.54, 1.807) is 0 Å². The lowest BCUT2D eigenvalue weighted by atomic mass is 10.1. The highest BCUT2D eigenvalue weighted by molar-refractivity contribution is 5.03. The third-order valence-electron chi connectivity index (χ3n) is 2.25. The van der Waals surface area contributed by atoms with Crippen molar-refractivity contribution in [2.45, 2.75) is 39.8 Å². The molecule has 1 aromatic rings. The molecule has 1 aromatic heterocycles. The van der Waals surface area contributed by atoms with Crippen molar-refractivity contribution >= 4 is 0 Å². The van der Waals surface area contributed by atoms with Crippen LogP contribution in [0, 0.1) is 5.92 Å². The average Bonchev–Trinajstić information content (AvgIpc) is 2.66. The summed E-state index contributed by atoms with van der Waals surface area (Å²) in [6.45, 7) is 6.04. The third kappa shape index (κ3) is 4.44. The summed E-state index contributed by atoms with van der Waals surface area (Å²) in [6.07, 6.45) is 2.40. The monoisotopic (exact) mass is 212 g/mol. The molecule has 0 aliphatic rings. The predicted octanol–water partition coefficient (Wildman–Crippen LogP) is 2.09. The molecule has 0 fully saturated rings. The van der Waals surface area contributed by atoms with E-state index in [-0.39, 0.29) is 0 Å². The number of hydrogen-bond donors (Lipinski definition) is 1. The molecular formula is C11H20N2O2. The molecule has 86 valence electrons. The fourth-order valence-corrected chi connectivity index (χ4v) is 1.46. The van der Waals surface area contributed by atoms with E-state index in [1.165, 1.54) is 12.8 Å². The van der Waals surface area contributed by atoms with Crippen LogP contribution in [0.25, 0.3) is 0 Å². The van der Waals surface area contributed by atoms with Crippen molar-refractivity contribution in [2.75, 3.05) is 6.61 Å². The van der Waals surface area contributed by atoms with Gasteiger partial charge in [-0.2, -0.15) is 0 Å². The standard InChI is InChI=1S/C11H20N2O2/c1-3-4-9(2)7-14-8-11-5-10(6-12)13-15-11/h5,9H,3-4,6-8,12H2,1-2H3. The molecule has 1 unspecified atom stereocenters. The first-order valence-electron chi connectivity index (χ1n) is 5.48. The van der Waals surface area contributed by atoms with Crippen LogP contribution < -0.4 is 5.73 Å². The van der Waals surface area contributed by atoms with E-state index >= 15 is 0 Å². The van der Waals surface area contributed by atoms with Crippen LogP contribution in [0.15, 0.2) is 10.6 Å². The number of aromatic nitrogens is 1. The SMILES string of the molecule is CCCC(C)COCc1cc(CN)no1. The Hall–Kier alpha value is -0.870. The normalized spacial score (nSPS) is 13.0. The number of nitrogens with zero attached hydrogens (tertiary/aromatic N) is 1. The maximum atomic E-state index is 5.52. The topological polar surface area (TPSA) is 61.3 Å². The summed E-state index contributed by atoms with van der Waals surface area (Å²) in [7, 11) is 0. The molecule has 0 saturated heterocycles. The quantitative estimate of drug-likeness (QED) is 0.751. The Kier molecular flexibility index (Phi) is 5.36. The number of nitrogens with two attached hydrogens (primary N) is 1. The molecule has 1 atom stereocenters. The van der Waals surface area contributed by atoms with Gasteiger partial charge < -0.3 is 15.0 Å². The molecule has 1 heterocycles. The second-order valence-corrected chi connectivity index (χ2v) is 3.90. The lowest BCUT2D eigenvalue weighted by Gasteiger charge is -2.08. The Morgan fingerprint density at radius 3 is 3.00 bits per heavy atom. The molecule has 1 rings (SSSR count). The summed E-state index contributed by atoms with van der Waals surface area (Å²) in [6, 6.07) is 1.84. The molecule has 0 amide bonds. The van der Waals surface area contributed by atoms with Crippen LogP contribution >= 0.6 is 0 Å². The third-order valence-corrected chi connectivity index (χ3v) is 2.25. The van der Waals surface area contributed by atoms with E-state index in [9.17, 15) is 0 Å². The molecule has 4 heteroatoms. The second kappa shape index (κ2) is 6.58. The minimum Gasteiger partial charge on any atom is -0.373 e. The molecule has 0 aromatic carbocycles. The van der Waals surface area contributed by atoms with Gasteiger partial charge in [0.2, 0.25) is 0 Å². The first-order chi connectivity index (χ1) is 7.26. The summed E-state index contributed by atoms with van der Waals surface area (Å²) in [5.41, 5.74) is 6.19. The van der Waals surface area contributed by atoms with Crippen LogP contribution in [-0.4, -0.2) is 11.8 Å². The minimum absolute atomic E-state index is 0.412. The van der Waals surface area contributed by atoms with Crippen LogP contribution in [-0.2, 0) is 17.9 Å². The van der Waals surface area contributed by atoms with E-state index in [0.29, 0.717) is 19.1 Å². The number of ether oxygens (including phenoxy) is 1. The van der Waals surface area contributed by atoms with Gasteiger partial charge in [0.25, 0.3) is 0 Å². The molecule has 15 heavy (non-hydrogen) atoms. The highest BCUT2D eigenvalue weighted by atomic mass is 16.5. The zero-order valence-corrected chi connectivity index (χ0v) is 9.53. The van der Waals surface area contributed by atoms with Gasteiger partial charge in [-0.05, 0) is 12.3 Å². The summed E-state index contributed by atoms with van der Waals surface area (Å²) in [5, 5.41) is 3.79. The predicted molar refractivity (Wildman–Crippen MR) is 58.1 cm³/mol. The Balaban J connectivity index is 2.19. The van der Waals surface area contributed by atoms with Gasteiger partial charge in [-0.25, -0.2) is 0 Å². The van der Waals surface area contributed by atoms with Gasteiger partial charge in [0.1, 0.15) is 6.61 Å². The van der Waals surface area contributed by atoms with E-state index in [4.69, 9.17) is 15.0 Å². The summed E-state index contributed by atoms with van der Waals surface area (Å²) < 4.78 is 10.6. The van der Waals surface area contributed by atoms with Gasteiger partial charge in [0.05, 0.1) is 5.69 Å². The second-order valence-electron chi connectivity index (χ2n) is 3.90. The Labute approximate surface area is 90.8 Å². The number of rotatable bonds is 7. The summed E-state index contributed by atoms with van der Waals surface area (Å²) in [4.78, 5) is 0. The average molecular weight is 212 g/mol. The summed E-state index contributed by atoms with van der Waals surface area (Å²) in [5.74, 6) is 1.35. The molecular weight excluding hydrogens is 192 g/mol. The Bertz CT molecular complexity index is 273. The molecule has 0 aliphatic carbocycles. The summed E-state index contributed by atoms with van der Waals surface area (Å²) >= 11 is 0. The van der Waals surface area contributed by atoms with E-state index in [2.05, 4.69) is 19.0 Å². The zero-order valence-electron chi connectivity index (χ0n) is 9.53. The number of hydrogen-bond acceptors (Lipinski definition) is 4. The molecule has 0 aliphatic heterocycles. The molecule has 0 bridgehead atoms. The smallest absolute Gasteiger partial charge is 0.162 e. The fourth-order valence-electron chi connectivity index (χ4n) is 1.46. The first-order valence-corrected chi connectivity index (χ1v) is 5.48. The van der Waals surface area contributed by atoms with Gasteiger partial charge in [0.15, 0.2) is 5.76 Å². The van der Waals surface area contributed by atoms with Gasteiger partial charge >= 0.3 is 0 Å². The molecule has 0 spiro atoms. The van der Waals surface area contributed by atoms with Gasteiger partial charge in [-0.15, -0.1) is 0 Å². The van der Waals surface area contributed by atoms with Gasteiger partial charge in [0, 0.05) is 19.2 Å². The highest BCUT2D eigenvalue weighted by Gasteiger charge is 2.04. The van der Waals surface area contributed by atoms with Crippen molar-refractivity contribution in [1.82, 2.24) is 5.16 Å². The van der Waals surface area contributed by atoms with Gasteiger partial charge in [-0.1, -0.05) is 25.4 Å². The van der Waals surface area contributed by atoms with Crippen molar-refractivity contribution in [3.63, 3.8) is 0 Å². The lowest BCUT2D eigenvalue weighted by molar-refractivity contribution is 0.0739.